The van der Waals surface area contributed by atoms with E-state index in [0.29, 0.717) is 24.5 Å². The van der Waals surface area contributed by atoms with Crippen LogP contribution in [0.15, 0.2) is 42.7 Å². The molecule has 2 fully saturated rings. The van der Waals surface area contributed by atoms with Crippen molar-refractivity contribution < 1.29 is 31.8 Å². The van der Waals surface area contributed by atoms with Crippen LogP contribution < -0.4 is 20.7 Å². The first-order chi connectivity index (χ1) is 18.5. The van der Waals surface area contributed by atoms with Crippen molar-refractivity contribution in [3.8, 4) is 17.0 Å². The molecule has 1 aliphatic carbocycles. The van der Waals surface area contributed by atoms with Gasteiger partial charge >= 0.3 is 0 Å². The van der Waals surface area contributed by atoms with Crippen molar-refractivity contribution in [1.29, 1.82) is 0 Å². The molecule has 0 spiro atoms. The molecule has 5 rings (SSSR count). The van der Waals surface area contributed by atoms with Gasteiger partial charge in [-0.05, 0) is 18.2 Å². The first-order valence-electron chi connectivity index (χ1n) is 12.6. The molecule has 1 saturated heterocycles. The van der Waals surface area contributed by atoms with Gasteiger partial charge in [0.15, 0.2) is 0 Å². The molecule has 2 aromatic heterocycles. The monoisotopic (exact) mass is 549 g/mol. The summed E-state index contributed by atoms with van der Waals surface area (Å²) in [6.45, 7) is 3.01. The summed E-state index contributed by atoms with van der Waals surface area (Å²) in [5, 5.41) is 13.4. The molecule has 3 heterocycles. The normalized spacial score (nSPS) is 22.9. The Morgan fingerprint density at radius 2 is 1.82 bits per heavy atom. The number of hydrogen-bond donors (Lipinski definition) is 3. The molecule has 3 atom stereocenters. The number of halogens is 5. The third-order valence-electron chi connectivity index (χ3n) is 7.07. The number of piperidine rings is 1. The van der Waals surface area contributed by atoms with Crippen LogP contribution >= 0.6 is 0 Å². The fourth-order valence-corrected chi connectivity index (χ4v) is 4.98. The maximum atomic E-state index is 14.9. The maximum Gasteiger partial charge on any atom is 0.255 e. The predicted molar refractivity (Wildman–Crippen MR) is 135 cm³/mol. The van der Waals surface area contributed by atoms with Crippen LogP contribution in [0.3, 0.4) is 0 Å². The molecule has 1 aliphatic heterocycles. The van der Waals surface area contributed by atoms with Crippen LogP contribution in [-0.2, 0) is 6.54 Å². The van der Waals surface area contributed by atoms with Crippen molar-refractivity contribution in [3.05, 3.63) is 65.9 Å². The Kier molecular flexibility index (Phi) is 7.34. The highest BCUT2D eigenvalue weighted by Crippen LogP contribution is 2.40. The summed E-state index contributed by atoms with van der Waals surface area (Å²) in [4.78, 5) is 10.3. The number of aliphatic hydroxyl groups excluding tert-OH is 1. The van der Waals surface area contributed by atoms with E-state index in [4.69, 9.17) is 10.5 Å². The van der Waals surface area contributed by atoms with Crippen LogP contribution in [-0.4, -0.2) is 52.3 Å². The third-order valence-corrected chi connectivity index (χ3v) is 7.07. The Morgan fingerprint density at radius 3 is 2.49 bits per heavy atom. The second kappa shape index (κ2) is 10.6. The van der Waals surface area contributed by atoms with E-state index in [1.807, 2.05) is 17.9 Å². The molecule has 39 heavy (non-hydrogen) atoms. The fraction of sp³-hybridized carbons (Fsp3) is 0.407. The quantitative estimate of drug-likeness (QED) is 0.374. The zero-order chi connectivity index (χ0) is 27.9. The molecular weight excluding hydrogens is 521 g/mol. The van der Waals surface area contributed by atoms with Crippen LogP contribution in [0.1, 0.15) is 25.5 Å². The molecule has 4 N–H and O–H groups in total. The number of benzene rings is 1. The summed E-state index contributed by atoms with van der Waals surface area (Å²) in [5.74, 6) is -6.33. The number of nitrogens with two attached hydrogens (primary N) is 1. The van der Waals surface area contributed by atoms with Crippen LogP contribution in [0.5, 0.6) is 5.75 Å². The number of pyridine rings is 2. The molecule has 7 nitrogen and oxygen atoms in total. The van der Waals surface area contributed by atoms with Gasteiger partial charge in [-0.15, -0.1) is 0 Å². The molecule has 208 valence electrons. The molecule has 1 saturated carbocycles. The summed E-state index contributed by atoms with van der Waals surface area (Å²) in [6.07, 6.45) is 0.717. The highest BCUT2D eigenvalue weighted by atomic mass is 19.3. The summed E-state index contributed by atoms with van der Waals surface area (Å²) in [5.41, 5.74) is 6.64. The lowest BCUT2D eigenvalue weighted by molar-refractivity contribution is -0.134. The number of rotatable bonds is 7. The summed E-state index contributed by atoms with van der Waals surface area (Å²) >= 11 is 0. The second-order valence-corrected chi connectivity index (χ2v) is 10.2. The predicted octanol–water partition coefficient (Wildman–Crippen LogP) is 4.49. The Balaban J connectivity index is 1.33. The largest absolute Gasteiger partial charge is 0.490 e. The average molecular weight is 550 g/mol. The van der Waals surface area contributed by atoms with E-state index < -0.39 is 65.7 Å². The lowest BCUT2D eigenvalue weighted by atomic mass is 9.91. The minimum Gasteiger partial charge on any atom is -0.490 e. The van der Waals surface area contributed by atoms with Crippen LogP contribution in [0.25, 0.3) is 11.3 Å². The fourth-order valence-electron chi connectivity index (χ4n) is 4.98. The number of ether oxygens (including phenoxy) is 1. The van der Waals surface area contributed by atoms with Gasteiger partial charge in [-0.2, -0.15) is 0 Å². The van der Waals surface area contributed by atoms with Crippen molar-refractivity contribution in [1.82, 2.24) is 9.97 Å². The van der Waals surface area contributed by atoms with E-state index >= 15 is 0 Å². The third kappa shape index (κ3) is 5.76. The highest BCUT2D eigenvalue weighted by molar-refractivity contribution is 5.69. The van der Waals surface area contributed by atoms with E-state index in [2.05, 4.69) is 15.3 Å². The van der Waals surface area contributed by atoms with Crippen molar-refractivity contribution in [2.45, 2.75) is 50.5 Å². The van der Waals surface area contributed by atoms with Crippen molar-refractivity contribution in [2.24, 2.45) is 11.7 Å². The Hall–Kier alpha value is -3.51. The SMILES string of the molecule is CC1CN(c2ccncc2NCc2ccc(F)c(-c3c(F)cc(OC4CC(F)(F)C4)cc3F)n2)CC(N)C1O. The smallest absolute Gasteiger partial charge is 0.255 e. The second-order valence-electron chi connectivity index (χ2n) is 10.2. The van der Waals surface area contributed by atoms with Gasteiger partial charge in [0, 0.05) is 56.2 Å². The first-order valence-corrected chi connectivity index (χ1v) is 12.6. The van der Waals surface area contributed by atoms with Gasteiger partial charge in [0.05, 0.1) is 41.5 Å². The minimum absolute atomic E-state index is 0.0488. The van der Waals surface area contributed by atoms with E-state index in [1.165, 1.54) is 6.07 Å². The van der Waals surface area contributed by atoms with Crippen molar-refractivity contribution >= 4 is 11.4 Å². The van der Waals surface area contributed by atoms with E-state index in [1.54, 1.807) is 12.4 Å². The van der Waals surface area contributed by atoms with Gasteiger partial charge in [-0.1, -0.05) is 6.92 Å². The van der Waals surface area contributed by atoms with Crippen molar-refractivity contribution in [2.75, 3.05) is 23.3 Å². The minimum atomic E-state index is -2.85. The molecule has 0 radical (unpaired) electrons. The number of aromatic nitrogens is 2. The van der Waals surface area contributed by atoms with Crippen LogP contribution in [0.4, 0.5) is 33.3 Å². The standard InChI is InChI=1S/C27H28F5N5O2/c1-14-12-37(13-21(33)26(14)38)23-4-5-34-11-22(23)35-10-15-2-3-18(28)25(36-15)24-19(29)6-16(7-20(24)30)39-17-8-27(31,32)9-17/h2-7,11,14,17,21,26,35,38H,8-10,12-13,33H2,1H3. The van der Waals surface area contributed by atoms with Gasteiger partial charge < -0.3 is 25.8 Å². The van der Waals surface area contributed by atoms with E-state index in [-0.39, 0.29) is 18.2 Å². The van der Waals surface area contributed by atoms with Gasteiger partial charge in [-0.25, -0.2) is 26.9 Å². The number of nitrogens with zero attached hydrogens (tertiary/aromatic N) is 3. The Morgan fingerprint density at radius 1 is 1.10 bits per heavy atom. The summed E-state index contributed by atoms with van der Waals surface area (Å²) in [7, 11) is 0. The van der Waals surface area contributed by atoms with Crippen molar-refractivity contribution in [3.63, 3.8) is 0 Å². The number of aliphatic hydroxyl groups is 1. The first kappa shape index (κ1) is 27.1. The topological polar surface area (TPSA) is 96.5 Å². The Labute approximate surface area is 221 Å². The van der Waals surface area contributed by atoms with Gasteiger partial charge in [-0.3, -0.25) is 4.98 Å². The maximum absolute atomic E-state index is 14.9. The summed E-state index contributed by atoms with van der Waals surface area (Å²) in [6, 6.07) is 5.51. The van der Waals surface area contributed by atoms with Crippen LogP contribution in [0.2, 0.25) is 0 Å². The van der Waals surface area contributed by atoms with E-state index in [9.17, 15) is 27.1 Å². The highest BCUT2D eigenvalue weighted by Gasteiger charge is 2.47. The number of nitrogens with one attached hydrogen (secondary N) is 1. The van der Waals surface area contributed by atoms with Gasteiger partial charge in [0.1, 0.15) is 35.0 Å². The average Bonchev–Trinajstić information content (AvgIpc) is 2.86. The molecule has 12 heteroatoms. The Bertz CT molecular complexity index is 1320. The molecule has 0 bridgehead atoms. The van der Waals surface area contributed by atoms with E-state index in [0.717, 1.165) is 23.9 Å². The molecule has 3 unspecified atom stereocenters. The lowest BCUT2D eigenvalue weighted by Gasteiger charge is -2.40. The lowest BCUT2D eigenvalue weighted by Crippen LogP contribution is -2.55. The molecule has 3 aromatic rings. The molecule has 0 amide bonds. The number of hydrogen-bond acceptors (Lipinski definition) is 7. The number of anilines is 2. The van der Waals surface area contributed by atoms with Gasteiger partial charge in [0.25, 0.3) is 5.92 Å². The van der Waals surface area contributed by atoms with Gasteiger partial charge in [0.2, 0.25) is 0 Å². The zero-order valence-electron chi connectivity index (χ0n) is 21.1. The summed E-state index contributed by atoms with van der Waals surface area (Å²) < 4.78 is 75.8. The van der Waals surface area contributed by atoms with Crippen LogP contribution in [0, 0.1) is 23.4 Å². The zero-order valence-corrected chi connectivity index (χ0v) is 21.1. The molecular formula is C27H28F5N5O2. The molecule has 2 aliphatic rings. The molecule has 1 aromatic carbocycles. The number of alkyl halides is 2.